The van der Waals surface area contributed by atoms with Gasteiger partial charge in [0.1, 0.15) is 5.82 Å². The van der Waals surface area contributed by atoms with Gasteiger partial charge in [0.2, 0.25) is 0 Å². The zero-order valence-corrected chi connectivity index (χ0v) is 11.0. The molecule has 2 aromatic rings. The molecule has 2 rings (SSSR count). The largest absolute Gasteiger partial charge is 0.383 e. The average molecular weight is 262 g/mol. The highest BCUT2D eigenvalue weighted by Gasteiger charge is 2.08. The lowest BCUT2D eigenvalue weighted by Gasteiger charge is -2.10. The van der Waals surface area contributed by atoms with Crippen LogP contribution in [0.1, 0.15) is 0 Å². The molecule has 0 saturated heterocycles. The number of aromatic nitrogens is 3. The summed E-state index contributed by atoms with van der Waals surface area (Å²) in [6, 6.07) is 3.79. The molecule has 2 aromatic heterocycles. The molecule has 102 valence electrons. The number of ether oxygens (including phenoxy) is 2. The van der Waals surface area contributed by atoms with Crippen molar-refractivity contribution in [2.75, 3.05) is 32.7 Å². The van der Waals surface area contributed by atoms with Gasteiger partial charge in [-0.2, -0.15) is 0 Å². The van der Waals surface area contributed by atoms with Gasteiger partial charge in [-0.15, -0.1) is 0 Å². The first-order valence-corrected chi connectivity index (χ1v) is 6.10. The van der Waals surface area contributed by atoms with Crippen molar-refractivity contribution in [1.82, 2.24) is 14.5 Å². The van der Waals surface area contributed by atoms with Gasteiger partial charge >= 0.3 is 0 Å². The summed E-state index contributed by atoms with van der Waals surface area (Å²) in [5.41, 5.74) is 7.71. The van der Waals surface area contributed by atoms with Crippen LogP contribution in [0.25, 0.3) is 11.3 Å². The Bertz CT molecular complexity index is 513. The molecule has 2 heterocycles. The number of pyridine rings is 1. The molecule has 0 aliphatic carbocycles. The van der Waals surface area contributed by atoms with Crippen LogP contribution in [-0.2, 0) is 16.0 Å². The lowest BCUT2D eigenvalue weighted by Crippen LogP contribution is -2.10. The van der Waals surface area contributed by atoms with Crippen molar-refractivity contribution < 1.29 is 9.47 Å². The molecule has 0 amide bonds. The van der Waals surface area contributed by atoms with Crippen molar-refractivity contribution in [3.05, 3.63) is 30.9 Å². The van der Waals surface area contributed by atoms with E-state index in [0.29, 0.717) is 32.2 Å². The Labute approximate surface area is 112 Å². The van der Waals surface area contributed by atoms with Crippen molar-refractivity contribution in [2.45, 2.75) is 6.54 Å². The highest BCUT2D eigenvalue weighted by atomic mass is 16.5. The number of methoxy groups -OCH3 is 1. The van der Waals surface area contributed by atoms with Gasteiger partial charge in [-0.1, -0.05) is 0 Å². The first kappa shape index (κ1) is 13.5. The molecular weight excluding hydrogens is 244 g/mol. The number of rotatable bonds is 7. The van der Waals surface area contributed by atoms with Crippen molar-refractivity contribution in [1.29, 1.82) is 0 Å². The molecule has 0 saturated carbocycles. The number of nitrogens with zero attached hydrogens (tertiary/aromatic N) is 3. The second-order valence-electron chi connectivity index (χ2n) is 4.01. The van der Waals surface area contributed by atoms with Gasteiger partial charge in [0.25, 0.3) is 0 Å². The van der Waals surface area contributed by atoms with Crippen LogP contribution in [0.5, 0.6) is 0 Å². The molecule has 0 fully saturated rings. The number of nitrogens with two attached hydrogens (primary N) is 1. The minimum Gasteiger partial charge on any atom is -0.383 e. The number of anilines is 1. The quantitative estimate of drug-likeness (QED) is 0.759. The van der Waals surface area contributed by atoms with Crippen LogP contribution in [0.2, 0.25) is 0 Å². The fraction of sp³-hybridized carbons (Fsp3) is 0.385. The van der Waals surface area contributed by atoms with E-state index in [9.17, 15) is 0 Å². The lowest BCUT2D eigenvalue weighted by atomic mass is 10.2. The van der Waals surface area contributed by atoms with Crippen molar-refractivity contribution in [3.63, 3.8) is 0 Å². The fourth-order valence-electron chi connectivity index (χ4n) is 1.76. The van der Waals surface area contributed by atoms with E-state index in [1.165, 1.54) is 0 Å². The molecule has 0 aromatic carbocycles. The molecule has 2 N–H and O–H groups in total. The Morgan fingerprint density at radius 2 is 2.21 bits per heavy atom. The maximum absolute atomic E-state index is 5.88. The van der Waals surface area contributed by atoms with Crippen LogP contribution in [0, 0.1) is 0 Å². The standard InChI is InChI=1S/C13H18N4O2/c1-18-7-8-19-6-5-17-10-15-9-12(17)11-3-2-4-16-13(11)14/h2-4,9-10H,5-8H2,1H3,(H2,14,16). The third-order valence-electron chi connectivity index (χ3n) is 2.74. The molecule has 0 aliphatic heterocycles. The highest BCUT2D eigenvalue weighted by Crippen LogP contribution is 2.23. The van der Waals surface area contributed by atoms with Crippen LogP contribution in [0.15, 0.2) is 30.9 Å². The Morgan fingerprint density at radius 3 is 3.00 bits per heavy atom. The van der Waals surface area contributed by atoms with E-state index in [0.717, 1.165) is 11.3 Å². The number of imidazole rings is 1. The first-order valence-electron chi connectivity index (χ1n) is 6.10. The predicted octanol–water partition coefficient (Wildman–Crippen LogP) is 1.19. The normalized spacial score (nSPS) is 10.8. The molecule has 0 aliphatic rings. The third-order valence-corrected chi connectivity index (χ3v) is 2.74. The lowest BCUT2D eigenvalue weighted by molar-refractivity contribution is 0.0667. The van der Waals surface area contributed by atoms with Gasteiger partial charge in [0.15, 0.2) is 0 Å². The number of hydrogen-bond acceptors (Lipinski definition) is 5. The summed E-state index contributed by atoms with van der Waals surface area (Å²) in [5, 5.41) is 0. The molecule has 0 radical (unpaired) electrons. The van der Waals surface area contributed by atoms with Gasteiger partial charge in [0, 0.05) is 25.4 Å². The van der Waals surface area contributed by atoms with Crippen molar-refractivity contribution >= 4 is 5.82 Å². The zero-order chi connectivity index (χ0) is 13.5. The predicted molar refractivity (Wildman–Crippen MR) is 72.6 cm³/mol. The molecular formula is C13H18N4O2. The Balaban J connectivity index is 2.00. The Hall–Kier alpha value is -1.92. The van der Waals surface area contributed by atoms with Crippen molar-refractivity contribution in [3.8, 4) is 11.3 Å². The summed E-state index contributed by atoms with van der Waals surface area (Å²) in [6.07, 6.45) is 5.22. The fourth-order valence-corrected chi connectivity index (χ4v) is 1.76. The molecule has 0 bridgehead atoms. The summed E-state index contributed by atoms with van der Waals surface area (Å²) in [6.45, 7) is 2.52. The topological polar surface area (TPSA) is 75.2 Å². The van der Waals surface area contributed by atoms with Gasteiger partial charge in [-0.05, 0) is 12.1 Å². The van der Waals surface area contributed by atoms with Crippen LogP contribution >= 0.6 is 0 Å². The second kappa shape index (κ2) is 6.86. The average Bonchev–Trinajstić information content (AvgIpc) is 2.87. The molecule has 0 unspecified atom stereocenters. The Kier molecular flexibility index (Phi) is 4.88. The van der Waals surface area contributed by atoms with Crippen LogP contribution in [0.4, 0.5) is 5.82 Å². The summed E-state index contributed by atoms with van der Waals surface area (Å²) >= 11 is 0. The molecule has 0 atom stereocenters. The zero-order valence-electron chi connectivity index (χ0n) is 11.0. The number of hydrogen-bond donors (Lipinski definition) is 1. The summed E-state index contributed by atoms with van der Waals surface area (Å²) in [4.78, 5) is 8.24. The van der Waals surface area contributed by atoms with E-state index in [2.05, 4.69) is 9.97 Å². The number of nitrogen functional groups attached to an aromatic ring is 1. The van der Waals surface area contributed by atoms with Gasteiger partial charge < -0.3 is 19.8 Å². The van der Waals surface area contributed by atoms with E-state index in [4.69, 9.17) is 15.2 Å². The third kappa shape index (κ3) is 3.52. The SMILES string of the molecule is COCCOCCn1cncc1-c1cccnc1N. The highest BCUT2D eigenvalue weighted by molar-refractivity contribution is 5.70. The van der Waals surface area contributed by atoms with E-state index in [1.54, 1.807) is 25.8 Å². The van der Waals surface area contributed by atoms with E-state index in [-0.39, 0.29) is 0 Å². The van der Waals surface area contributed by atoms with Crippen molar-refractivity contribution in [2.24, 2.45) is 0 Å². The van der Waals surface area contributed by atoms with E-state index < -0.39 is 0 Å². The van der Waals surface area contributed by atoms with Crippen LogP contribution in [0.3, 0.4) is 0 Å². The maximum Gasteiger partial charge on any atom is 0.132 e. The first-order chi connectivity index (χ1) is 9.33. The van der Waals surface area contributed by atoms with Gasteiger partial charge in [-0.3, -0.25) is 0 Å². The molecule has 0 spiro atoms. The van der Waals surface area contributed by atoms with Gasteiger partial charge in [0.05, 0.1) is 38.0 Å². The minimum absolute atomic E-state index is 0.504. The smallest absolute Gasteiger partial charge is 0.132 e. The molecule has 6 heteroatoms. The van der Waals surface area contributed by atoms with Crippen LogP contribution in [-0.4, -0.2) is 41.5 Å². The monoisotopic (exact) mass is 262 g/mol. The Morgan fingerprint density at radius 1 is 1.32 bits per heavy atom. The van der Waals surface area contributed by atoms with E-state index in [1.807, 2.05) is 16.7 Å². The maximum atomic E-state index is 5.88. The van der Waals surface area contributed by atoms with Gasteiger partial charge in [-0.25, -0.2) is 9.97 Å². The second-order valence-corrected chi connectivity index (χ2v) is 4.01. The van der Waals surface area contributed by atoms with E-state index >= 15 is 0 Å². The summed E-state index contributed by atoms with van der Waals surface area (Å²) in [7, 11) is 1.66. The minimum atomic E-state index is 0.504. The summed E-state index contributed by atoms with van der Waals surface area (Å²) in [5.74, 6) is 0.504. The van der Waals surface area contributed by atoms with Crippen LogP contribution < -0.4 is 5.73 Å². The summed E-state index contributed by atoms with van der Waals surface area (Å²) < 4.78 is 12.4. The molecule has 6 nitrogen and oxygen atoms in total. The molecule has 19 heavy (non-hydrogen) atoms.